The predicted molar refractivity (Wildman–Crippen MR) is 275 cm³/mol. The molecule has 0 heterocycles. The van der Waals surface area contributed by atoms with Crippen LogP contribution in [0.2, 0.25) is 0 Å². The molecule has 6 nitrogen and oxygen atoms in total. The molecule has 0 aliphatic carbocycles. The van der Waals surface area contributed by atoms with Gasteiger partial charge in [-0.2, -0.15) is 0 Å². The van der Waals surface area contributed by atoms with Crippen molar-refractivity contribution in [1.82, 2.24) is 0 Å². The molecule has 1 unspecified atom stereocenters. The average molecular weight is 906 g/mol. The molecule has 0 aromatic rings. The average Bonchev–Trinajstić information content (AvgIpc) is 3.29. The third-order valence-corrected chi connectivity index (χ3v) is 13.7. The normalized spacial score (nSPS) is 12.4. The van der Waals surface area contributed by atoms with Gasteiger partial charge in [-0.25, -0.2) is 0 Å². The Balaban J connectivity index is 4.11. The van der Waals surface area contributed by atoms with E-state index in [-0.39, 0.29) is 31.1 Å². The molecule has 0 aliphatic rings. The molecule has 0 amide bonds. The lowest BCUT2D eigenvalue weighted by Gasteiger charge is -2.18. The van der Waals surface area contributed by atoms with Crippen LogP contribution in [0.25, 0.3) is 0 Å². The minimum absolute atomic E-state index is 0.0624. The third-order valence-electron chi connectivity index (χ3n) is 13.7. The first-order valence-corrected chi connectivity index (χ1v) is 28.9. The molecule has 64 heavy (non-hydrogen) atoms. The minimum atomic E-state index is -0.760. The van der Waals surface area contributed by atoms with Gasteiger partial charge in [-0.05, 0) is 25.2 Å². The van der Waals surface area contributed by atoms with Crippen LogP contribution in [0, 0.1) is 5.92 Å². The van der Waals surface area contributed by atoms with Crippen molar-refractivity contribution < 1.29 is 28.6 Å². The van der Waals surface area contributed by atoms with Crippen LogP contribution in [-0.4, -0.2) is 37.2 Å². The van der Waals surface area contributed by atoms with Crippen LogP contribution < -0.4 is 0 Å². The number of hydrogen-bond donors (Lipinski definition) is 0. The van der Waals surface area contributed by atoms with Crippen molar-refractivity contribution in [3.8, 4) is 0 Å². The summed E-state index contributed by atoms with van der Waals surface area (Å²) in [7, 11) is 0. The summed E-state index contributed by atoms with van der Waals surface area (Å²) in [6.45, 7) is 9.06. The highest BCUT2D eigenvalue weighted by atomic mass is 16.6. The van der Waals surface area contributed by atoms with Crippen LogP contribution in [-0.2, 0) is 28.6 Å². The van der Waals surface area contributed by atoms with Crippen LogP contribution in [0.5, 0.6) is 0 Å². The van der Waals surface area contributed by atoms with Gasteiger partial charge in [-0.1, -0.05) is 291 Å². The molecular formula is C58H112O6. The van der Waals surface area contributed by atoms with E-state index in [1.54, 1.807) is 0 Å². The topological polar surface area (TPSA) is 78.9 Å². The first-order chi connectivity index (χ1) is 31.4. The largest absolute Gasteiger partial charge is 0.462 e. The maximum atomic E-state index is 12.8. The summed E-state index contributed by atoms with van der Waals surface area (Å²) in [5, 5.41) is 0. The van der Waals surface area contributed by atoms with E-state index in [2.05, 4.69) is 27.7 Å². The Morgan fingerprint density at radius 3 is 0.812 bits per heavy atom. The van der Waals surface area contributed by atoms with Crippen LogP contribution in [0.3, 0.4) is 0 Å². The zero-order valence-corrected chi connectivity index (χ0v) is 43.8. The highest BCUT2D eigenvalue weighted by Crippen LogP contribution is 2.18. The van der Waals surface area contributed by atoms with E-state index in [9.17, 15) is 14.4 Å². The molecule has 0 saturated heterocycles. The molecule has 0 aromatic carbocycles. The molecule has 0 aromatic heterocycles. The maximum Gasteiger partial charge on any atom is 0.306 e. The van der Waals surface area contributed by atoms with Gasteiger partial charge < -0.3 is 14.2 Å². The quantitative estimate of drug-likeness (QED) is 0.0344. The molecule has 2 atom stereocenters. The molecule has 0 N–H and O–H groups in total. The van der Waals surface area contributed by atoms with Gasteiger partial charge in [0.05, 0.1) is 0 Å². The molecule has 0 fully saturated rings. The lowest BCUT2D eigenvalue weighted by molar-refractivity contribution is -0.167. The summed E-state index contributed by atoms with van der Waals surface area (Å²) in [5.41, 5.74) is 0. The Hall–Kier alpha value is -1.59. The summed E-state index contributed by atoms with van der Waals surface area (Å²) in [6, 6.07) is 0. The Morgan fingerprint density at radius 2 is 0.547 bits per heavy atom. The monoisotopic (exact) mass is 905 g/mol. The molecular weight excluding hydrogens is 793 g/mol. The second-order valence-corrected chi connectivity index (χ2v) is 20.2. The van der Waals surface area contributed by atoms with Crippen LogP contribution >= 0.6 is 0 Å². The van der Waals surface area contributed by atoms with Gasteiger partial charge in [0.1, 0.15) is 13.2 Å². The van der Waals surface area contributed by atoms with E-state index in [1.165, 1.54) is 225 Å². The van der Waals surface area contributed by atoms with Crippen molar-refractivity contribution >= 4 is 17.9 Å². The summed E-state index contributed by atoms with van der Waals surface area (Å²) in [6.07, 6.45) is 56.8. The SMILES string of the molecule is CCCCCCCCCCCCCCCCCCCC(=O)O[C@@H](COC(=O)CCCCCCCCC)COC(=O)CCCCCCCCCCCCCCCCCCCCC(C)CC. The van der Waals surface area contributed by atoms with E-state index >= 15 is 0 Å². The Labute approximate surface area is 399 Å². The second kappa shape index (κ2) is 52.4. The zero-order valence-electron chi connectivity index (χ0n) is 43.8. The highest BCUT2D eigenvalue weighted by molar-refractivity contribution is 5.71. The lowest BCUT2D eigenvalue weighted by Crippen LogP contribution is -2.30. The Bertz CT molecular complexity index is 966. The molecule has 380 valence electrons. The van der Waals surface area contributed by atoms with Gasteiger partial charge in [0, 0.05) is 19.3 Å². The fraction of sp³-hybridized carbons (Fsp3) is 0.948. The highest BCUT2D eigenvalue weighted by Gasteiger charge is 2.19. The first kappa shape index (κ1) is 62.4. The summed E-state index contributed by atoms with van der Waals surface area (Å²) in [5.74, 6) is 0.0660. The van der Waals surface area contributed by atoms with Crippen LogP contribution in [0.15, 0.2) is 0 Å². The summed E-state index contributed by atoms with van der Waals surface area (Å²) < 4.78 is 16.8. The molecule has 0 aliphatic heterocycles. The minimum Gasteiger partial charge on any atom is -0.462 e. The molecule has 0 bridgehead atoms. The van der Waals surface area contributed by atoms with Crippen LogP contribution in [0.4, 0.5) is 0 Å². The van der Waals surface area contributed by atoms with Crippen LogP contribution in [0.1, 0.15) is 329 Å². The number of hydrogen-bond acceptors (Lipinski definition) is 6. The summed E-state index contributed by atoms with van der Waals surface area (Å²) in [4.78, 5) is 37.9. The van der Waals surface area contributed by atoms with Gasteiger partial charge in [0.25, 0.3) is 0 Å². The van der Waals surface area contributed by atoms with Crippen molar-refractivity contribution in [1.29, 1.82) is 0 Å². The molecule has 0 saturated carbocycles. The first-order valence-electron chi connectivity index (χ1n) is 28.9. The number of rotatable bonds is 53. The van der Waals surface area contributed by atoms with E-state index in [0.717, 1.165) is 63.7 Å². The number of carbonyl (C=O) groups excluding carboxylic acids is 3. The lowest BCUT2D eigenvalue weighted by atomic mass is 9.99. The Morgan fingerprint density at radius 1 is 0.312 bits per heavy atom. The van der Waals surface area contributed by atoms with Gasteiger partial charge in [-0.15, -0.1) is 0 Å². The molecule has 0 spiro atoms. The van der Waals surface area contributed by atoms with Crippen molar-refractivity contribution in [2.75, 3.05) is 13.2 Å². The predicted octanol–water partition coefficient (Wildman–Crippen LogP) is 19.0. The number of carbonyl (C=O) groups is 3. The Kier molecular flexibility index (Phi) is 51.1. The van der Waals surface area contributed by atoms with Crippen molar-refractivity contribution in [3.05, 3.63) is 0 Å². The number of esters is 3. The van der Waals surface area contributed by atoms with E-state index in [4.69, 9.17) is 14.2 Å². The second-order valence-electron chi connectivity index (χ2n) is 20.2. The fourth-order valence-corrected chi connectivity index (χ4v) is 8.89. The summed E-state index contributed by atoms with van der Waals surface area (Å²) >= 11 is 0. The zero-order chi connectivity index (χ0) is 46.7. The van der Waals surface area contributed by atoms with Gasteiger partial charge in [0.2, 0.25) is 0 Å². The van der Waals surface area contributed by atoms with Gasteiger partial charge >= 0.3 is 17.9 Å². The van der Waals surface area contributed by atoms with E-state index in [1.807, 2.05) is 0 Å². The van der Waals surface area contributed by atoms with Crippen molar-refractivity contribution in [3.63, 3.8) is 0 Å². The fourth-order valence-electron chi connectivity index (χ4n) is 8.89. The number of unbranched alkanes of at least 4 members (excludes halogenated alkanes) is 39. The molecule has 0 rings (SSSR count). The van der Waals surface area contributed by atoms with E-state index < -0.39 is 6.10 Å². The van der Waals surface area contributed by atoms with Gasteiger partial charge in [0.15, 0.2) is 6.10 Å². The standard InChI is InChI=1S/C58H112O6/c1-5-8-10-12-14-15-16-17-18-21-26-29-32-35-39-43-47-51-58(61)64-55(52-62-56(59)49-45-41-36-13-11-9-6-2)53-63-57(60)50-46-42-38-34-31-28-25-23-20-19-22-24-27-30-33-37-40-44-48-54(4)7-3/h54-55H,5-53H2,1-4H3/t54?,55-/m0/s1. The third kappa shape index (κ3) is 49.8. The maximum absolute atomic E-state index is 12.8. The molecule has 6 heteroatoms. The molecule has 0 radical (unpaired) electrons. The van der Waals surface area contributed by atoms with Gasteiger partial charge in [-0.3, -0.25) is 14.4 Å². The smallest absolute Gasteiger partial charge is 0.306 e. The van der Waals surface area contributed by atoms with E-state index in [0.29, 0.717) is 19.3 Å². The van der Waals surface area contributed by atoms with Crippen molar-refractivity contribution in [2.45, 2.75) is 336 Å². The van der Waals surface area contributed by atoms with Crippen molar-refractivity contribution in [2.24, 2.45) is 5.92 Å². The number of ether oxygens (including phenoxy) is 3.